The Hall–Kier alpha value is -1.82. The molecule has 19 heavy (non-hydrogen) atoms. The zero-order valence-electron chi connectivity index (χ0n) is 11.6. The maximum Gasteiger partial charge on any atom is 0.227 e. The minimum absolute atomic E-state index is 0.192. The molecular weight excluding hydrogens is 236 g/mol. The zero-order chi connectivity index (χ0) is 13.9. The van der Waals surface area contributed by atoms with Crippen molar-refractivity contribution in [2.24, 2.45) is 5.41 Å². The first-order chi connectivity index (χ1) is 9.00. The zero-order valence-corrected chi connectivity index (χ0v) is 11.6. The number of hydrogen-bond donors (Lipinski definition) is 0. The maximum absolute atomic E-state index is 12.3. The summed E-state index contributed by atoms with van der Waals surface area (Å²) in [6.45, 7) is 6.16. The van der Waals surface area contributed by atoms with E-state index in [1.54, 1.807) is 12.1 Å². The highest BCUT2D eigenvalue weighted by Crippen LogP contribution is 2.28. The molecule has 0 atom stereocenters. The van der Waals surface area contributed by atoms with Gasteiger partial charge in [0.15, 0.2) is 0 Å². The predicted octanol–water partition coefficient (Wildman–Crippen LogP) is 2.75. The average Bonchev–Trinajstić information content (AvgIpc) is 2.38. The normalized spacial score (nSPS) is 17.8. The number of carbonyl (C=O) groups excluding carboxylic acids is 1. The molecule has 1 aromatic rings. The van der Waals surface area contributed by atoms with Crippen molar-refractivity contribution in [3.63, 3.8) is 0 Å². The number of hydrogen-bond acceptors (Lipinski definition) is 2. The Labute approximate surface area is 114 Å². The van der Waals surface area contributed by atoms with E-state index in [0.29, 0.717) is 12.0 Å². The second-order valence-electron chi connectivity index (χ2n) is 6.07. The van der Waals surface area contributed by atoms with Gasteiger partial charge in [0.25, 0.3) is 0 Å². The summed E-state index contributed by atoms with van der Waals surface area (Å²) in [7, 11) is 0. The molecule has 1 aromatic carbocycles. The van der Waals surface area contributed by atoms with E-state index in [1.165, 1.54) is 6.42 Å². The number of nitrogens with zero attached hydrogens (tertiary/aromatic N) is 2. The summed E-state index contributed by atoms with van der Waals surface area (Å²) in [5, 5.41) is 8.75. The van der Waals surface area contributed by atoms with Gasteiger partial charge in [0.2, 0.25) is 5.91 Å². The highest BCUT2D eigenvalue weighted by atomic mass is 16.2. The predicted molar refractivity (Wildman–Crippen MR) is 74.5 cm³/mol. The van der Waals surface area contributed by atoms with Crippen molar-refractivity contribution in [2.45, 2.75) is 33.1 Å². The Morgan fingerprint density at radius 3 is 2.63 bits per heavy atom. The van der Waals surface area contributed by atoms with Gasteiger partial charge < -0.3 is 4.90 Å². The fraction of sp³-hybridized carbons (Fsp3) is 0.500. The molecule has 1 heterocycles. The molecule has 1 aliphatic rings. The first-order valence-corrected chi connectivity index (χ1v) is 6.77. The smallest absolute Gasteiger partial charge is 0.227 e. The number of benzene rings is 1. The van der Waals surface area contributed by atoms with E-state index in [9.17, 15) is 4.79 Å². The van der Waals surface area contributed by atoms with Crippen LogP contribution in [0.2, 0.25) is 0 Å². The lowest BCUT2D eigenvalue weighted by Gasteiger charge is -2.38. The van der Waals surface area contributed by atoms with Crippen LogP contribution in [0.15, 0.2) is 24.3 Å². The second-order valence-corrected chi connectivity index (χ2v) is 6.07. The third-order valence-corrected chi connectivity index (χ3v) is 3.69. The Bertz CT molecular complexity index is 496. The van der Waals surface area contributed by atoms with Crippen molar-refractivity contribution >= 4 is 5.91 Å². The molecule has 3 nitrogen and oxygen atoms in total. The Balaban J connectivity index is 1.98. The Morgan fingerprint density at radius 2 is 2.05 bits per heavy atom. The molecular formula is C16H20N2O. The molecule has 1 fully saturated rings. The molecule has 0 radical (unpaired) electrons. The number of likely N-dealkylation sites (tertiary alicyclic amines) is 1. The van der Waals surface area contributed by atoms with Gasteiger partial charge in [0, 0.05) is 13.1 Å². The third-order valence-electron chi connectivity index (χ3n) is 3.69. The summed E-state index contributed by atoms with van der Waals surface area (Å²) >= 11 is 0. The van der Waals surface area contributed by atoms with Crippen LogP contribution in [0.4, 0.5) is 0 Å². The van der Waals surface area contributed by atoms with E-state index >= 15 is 0 Å². The van der Waals surface area contributed by atoms with Gasteiger partial charge in [-0.25, -0.2) is 0 Å². The van der Waals surface area contributed by atoms with Crippen LogP contribution < -0.4 is 0 Å². The van der Waals surface area contributed by atoms with E-state index in [4.69, 9.17) is 5.26 Å². The highest BCUT2D eigenvalue weighted by Gasteiger charge is 2.28. The van der Waals surface area contributed by atoms with Crippen molar-refractivity contribution in [3.8, 4) is 6.07 Å². The van der Waals surface area contributed by atoms with Crippen LogP contribution >= 0.6 is 0 Å². The minimum atomic E-state index is 0.192. The van der Waals surface area contributed by atoms with E-state index in [-0.39, 0.29) is 11.3 Å². The molecule has 100 valence electrons. The maximum atomic E-state index is 12.3. The summed E-state index contributed by atoms with van der Waals surface area (Å²) in [5.41, 5.74) is 1.85. The van der Waals surface area contributed by atoms with Crippen molar-refractivity contribution in [2.75, 3.05) is 13.1 Å². The summed E-state index contributed by atoms with van der Waals surface area (Å²) in [5.74, 6) is 0.192. The number of carbonyl (C=O) groups is 1. The molecule has 0 N–H and O–H groups in total. The fourth-order valence-corrected chi connectivity index (χ4v) is 2.62. The summed E-state index contributed by atoms with van der Waals surface area (Å²) in [4.78, 5) is 14.2. The Kier molecular flexibility index (Phi) is 3.90. The van der Waals surface area contributed by atoms with Crippen LogP contribution in [0.25, 0.3) is 0 Å². The quantitative estimate of drug-likeness (QED) is 0.816. The number of piperidine rings is 1. The number of nitriles is 1. The molecule has 0 aromatic heterocycles. The van der Waals surface area contributed by atoms with Gasteiger partial charge in [-0.15, -0.1) is 0 Å². The van der Waals surface area contributed by atoms with Crippen LogP contribution in [-0.4, -0.2) is 23.9 Å². The lowest BCUT2D eigenvalue weighted by molar-refractivity contribution is -0.133. The van der Waals surface area contributed by atoms with E-state index < -0.39 is 0 Å². The van der Waals surface area contributed by atoms with E-state index in [2.05, 4.69) is 19.9 Å². The van der Waals surface area contributed by atoms with Gasteiger partial charge in [0.05, 0.1) is 18.1 Å². The van der Waals surface area contributed by atoms with Gasteiger partial charge >= 0.3 is 0 Å². The van der Waals surface area contributed by atoms with Crippen LogP contribution in [0.1, 0.15) is 37.8 Å². The summed E-state index contributed by atoms with van der Waals surface area (Å²) < 4.78 is 0. The minimum Gasteiger partial charge on any atom is -0.342 e. The molecule has 0 bridgehead atoms. The molecule has 1 saturated heterocycles. The van der Waals surface area contributed by atoms with Crippen LogP contribution in [-0.2, 0) is 11.2 Å². The first kappa shape index (κ1) is 13.6. The average molecular weight is 256 g/mol. The topological polar surface area (TPSA) is 44.1 Å². The van der Waals surface area contributed by atoms with Crippen LogP contribution in [0.5, 0.6) is 0 Å². The monoisotopic (exact) mass is 256 g/mol. The highest BCUT2D eigenvalue weighted by molar-refractivity contribution is 5.79. The van der Waals surface area contributed by atoms with Gasteiger partial charge in [0.1, 0.15) is 0 Å². The lowest BCUT2D eigenvalue weighted by atomic mass is 9.84. The molecule has 1 amide bonds. The summed E-state index contributed by atoms with van der Waals surface area (Å²) in [6.07, 6.45) is 2.71. The molecule has 1 aliphatic heterocycles. The van der Waals surface area contributed by atoms with Crippen LogP contribution in [0, 0.1) is 16.7 Å². The molecule has 0 aliphatic carbocycles. The molecule has 0 spiro atoms. The molecule has 0 unspecified atom stereocenters. The second kappa shape index (κ2) is 5.44. The van der Waals surface area contributed by atoms with Gasteiger partial charge in [-0.05, 0) is 36.0 Å². The summed E-state index contributed by atoms with van der Waals surface area (Å²) in [6, 6.07) is 9.35. The van der Waals surface area contributed by atoms with Gasteiger partial charge in [-0.3, -0.25) is 4.79 Å². The standard InChI is InChI=1S/C16H20N2O/c1-16(2)8-3-9-18(12-16)15(19)10-13-4-6-14(11-17)7-5-13/h4-7H,3,8-10,12H2,1-2H3. The van der Waals surface area contributed by atoms with E-state index in [0.717, 1.165) is 25.1 Å². The first-order valence-electron chi connectivity index (χ1n) is 6.77. The van der Waals surface area contributed by atoms with Crippen molar-refractivity contribution in [1.82, 2.24) is 4.90 Å². The molecule has 0 saturated carbocycles. The van der Waals surface area contributed by atoms with Crippen LogP contribution in [0.3, 0.4) is 0 Å². The fourth-order valence-electron chi connectivity index (χ4n) is 2.62. The Morgan fingerprint density at radius 1 is 1.37 bits per heavy atom. The van der Waals surface area contributed by atoms with Gasteiger partial charge in [-0.1, -0.05) is 26.0 Å². The van der Waals surface area contributed by atoms with Crippen molar-refractivity contribution < 1.29 is 4.79 Å². The van der Waals surface area contributed by atoms with Crippen molar-refractivity contribution in [1.29, 1.82) is 5.26 Å². The number of rotatable bonds is 2. The third kappa shape index (κ3) is 3.57. The van der Waals surface area contributed by atoms with Crippen molar-refractivity contribution in [3.05, 3.63) is 35.4 Å². The van der Waals surface area contributed by atoms with E-state index in [1.807, 2.05) is 17.0 Å². The molecule has 2 rings (SSSR count). The lowest BCUT2D eigenvalue weighted by Crippen LogP contribution is -2.44. The number of amides is 1. The molecule has 3 heteroatoms. The SMILES string of the molecule is CC1(C)CCCN(C(=O)Cc2ccc(C#N)cc2)C1. The van der Waals surface area contributed by atoms with Gasteiger partial charge in [-0.2, -0.15) is 5.26 Å². The largest absolute Gasteiger partial charge is 0.342 e.